The van der Waals surface area contributed by atoms with Crippen LogP contribution < -0.4 is 9.47 Å². The number of ether oxygens (including phenoxy) is 3. The highest BCUT2D eigenvalue weighted by molar-refractivity contribution is 6.31. The van der Waals surface area contributed by atoms with Gasteiger partial charge in [0.05, 0.1) is 25.4 Å². The molecule has 0 amide bonds. The minimum Gasteiger partial charge on any atom is -0.493 e. The van der Waals surface area contributed by atoms with Crippen LogP contribution in [0, 0.1) is 0 Å². The molecule has 0 aliphatic rings. The van der Waals surface area contributed by atoms with Crippen LogP contribution in [-0.4, -0.2) is 43.9 Å². The van der Waals surface area contributed by atoms with E-state index in [0.717, 1.165) is 0 Å². The zero-order valence-electron chi connectivity index (χ0n) is 11.8. The molecular weight excluding hydrogens is 284 g/mol. The Bertz CT molecular complexity index is 447. The molecule has 1 N–H and O–H groups in total. The molecule has 112 valence electrons. The van der Waals surface area contributed by atoms with Gasteiger partial charge in [-0.1, -0.05) is 11.6 Å². The van der Waals surface area contributed by atoms with Gasteiger partial charge < -0.3 is 19.3 Å². The highest BCUT2D eigenvalue weighted by Crippen LogP contribution is 2.33. The summed E-state index contributed by atoms with van der Waals surface area (Å²) < 4.78 is 15.8. The Morgan fingerprint density at radius 2 is 2.05 bits per heavy atom. The van der Waals surface area contributed by atoms with Crippen molar-refractivity contribution in [1.82, 2.24) is 0 Å². The molecule has 0 aliphatic carbocycles. The van der Waals surface area contributed by atoms with E-state index >= 15 is 0 Å². The number of methoxy groups -OCH3 is 1. The third kappa shape index (κ3) is 5.00. The summed E-state index contributed by atoms with van der Waals surface area (Å²) in [6, 6.07) is 3.02. The van der Waals surface area contributed by atoms with Gasteiger partial charge in [0.1, 0.15) is 12.7 Å². The van der Waals surface area contributed by atoms with Gasteiger partial charge in [0.2, 0.25) is 0 Å². The molecule has 0 saturated carbocycles. The van der Waals surface area contributed by atoms with Gasteiger partial charge in [0.15, 0.2) is 17.8 Å². The average molecular weight is 303 g/mol. The maximum atomic E-state index is 11.0. The molecule has 1 rings (SSSR count). The van der Waals surface area contributed by atoms with Crippen LogP contribution in [0.15, 0.2) is 12.1 Å². The Labute approximate surface area is 123 Å². The van der Waals surface area contributed by atoms with E-state index in [0.29, 0.717) is 17.1 Å². The molecule has 0 saturated heterocycles. The molecule has 0 fully saturated rings. The molecule has 20 heavy (non-hydrogen) atoms. The van der Waals surface area contributed by atoms with Gasteiger partial charge in [-0.2, -0.15) is 0 Å². The number of benzene rings is 1. The maximum absolute atomic E-state index is 11.0. The fourth-order valence-electron chi connectivity index (χ4n) is 1.51. The Hall–Kier alpha value is -1.30. The zero-order valence-corrected chi connectivity index (χ0v) is 12.5. The number of halogens is 1. The summed E-state index contributed by atoms with van der Waals surface area (Å²) >= 11 is 5.86. The minimum absolute atomic E-state index is 0.00838. The van der Waals surface area contributed by atoms with E-state index in [1.54, 1.807) is 6.07 Å². The SMILES string of the molecule is COc1cc(Cl)cc(C=O)c1OCC(O)COC(C)C. The van der Waals surface area contributed by atoms with Crippen molar-refractivity contribution in [1.29, 1.82) is 0 Å². The van der Waals surface area contributed by atoms with Crippen LogP contribution in [0.4, 0.5) is 0 Å². The molecule has 1 aromatic rings. The van der Waals surface area contributed by atoms with Gasteiger partial charge >= 0.3 is 0 Å². The van der Waals surface area contributed by atoms with Gasteiger partial charge in [-0.15, -0.1) is 0 Å². The fourth-order valence-corrected chi connectivity index (χ4v) is 1.73. The van der Waals surface area contributed by atoms with Crippen LogP contribution in [0.5, 0.6) is 11.5 Å². The van der Waals surface area contributed by atoms with Crippen molar-refractivity contribution in [3.8, 4) is 11.5 Å². The standard InChI is InChI=1S/C14H19ClO5/c1-9(2)19-7-12(17)8-20-14-10(6-16)4-11(15)5-13(14)18-3/h4-6,9,12,17H,7-8H2,1-3H3. The number of hydrogen-bond donors (Lipinski definition) is 1. The molecule has 5 nitrogen and oxygen atoms in total. The van der Waals surface area contributed by atoms with Crippen LogP contribution in [0.25, 0.3) is 0 Å². The van der Waals surface area contributed by atoms with Gasteiger partial charge in [-0.3, -0.25) is 4.79 Å². The lowest BCUT2D eigenvalue weighted by Gasteiger charge is -2.17. The summed E-state index contributed by atoms with van der Waals surface area (Å²) in [5, 5.41) is 10.1. The van der Waals surface area contributed by atoms with Crippen LogP contribution in [-0.2, 0) is 4.74 Å². The Kier molecular flexibility index (Phi) is 6.78. The van der Waals surface area contributed by atoms with Crippen molar-refractivity contribution in [2.75, 3.05) is 20.3 Å². The first-order valence-electron chi connectivity index (χ1n) is 6.23. The Balaban J connectivity index is 2.73. The van der Waals surface area contributed by atoms with E-state index in [4.69, 9.17) is 25.8 Å². The van der Waals surface area contributed by atoms with E-state index in [2.05, 4.69) is 0 Å². The summed E-state index contributed by atoms with van der Waals surface area (Å²) in [5.41, 5.74) is 0.270. The number of aldehydes is 1. The fraction of sp³-hybridized carbons (Fsp3) is 0.500. The highest BCUT2D eigenvalue weighted by Gasteiger charge is 2.15. The summed E-state index contributed by atoms with van der Waals surface area (Å²) in [5.74, 6) is 0.604. The molecular formula is C14H19ClO5. The van der Waals surface area contributed by atoms with Gasteiger partial charge in [0, 0.05) is 11.1 Å². The second kappa shape index (κ2) is 8.09. The number of hydrogen-bond acceptors (Lipinski definition) is 5. The molecule has 0 radical (unpaired) electrons. The average Bonchev–Trinajstić information content (AvgIpc) is 2.42. The molecule has 1 aromatic carbocycles. The molecule has 0 bridgehead atoms. The normalized spacial score (nSPS) is 12.3. The first kappa shape index (κ1) is 16.8. The first-order chi connectivity index (χ1) is 9.47. The Morgan fingerprint density at radius 3 is 2.60 bits per heavy atom. The van der Waals surface area contributed by atoms with Crippen LogP contribution in [0.3, 0.4) is 0 Å². The summed E-state index contributed by atoms with van der Waals surface area (Å²) in [6.07, 6.45) is -0.140. The highest BCUT2D eigenvalue weighted by atomic mass is 35.5. The monoisotopic (exact) mass is 302 g/mol. The number of carbonyl (C=O) groups is 1. The van der Waals surface area contributed by atoms with Crippen molar-refractivity contribution < 1.29 is 24.1 Å². The zero-order chi connectivity index (χ0) is 15.1. The maximum Gasteiger partial charge on any atom is 0.171 e. The first-order valence-corrected chi connectivity index (χ1v) is 6.60. The lowest BCUT2D eigenvalue weighted by Crippen LogP contribution is -2.25. The number of carbonyl (C=O) groups excluding carboxylic acids is 1. The predicted molar refractivity (Wildman–Crippen MR) is 76.0 cm³/mol. The molecule has 0 aromatic heterocycles. The molecule has 0 aliphatic heterocycles. The smallest absolute Gasteiger partial charge is 0.171 e. The van der Waals surface area contributed by atoms with Crippen molar-refractivity contribution in [3.63, 3.8) is 0 Å². The molecule has 1 atom stereocenters. The van der Waals surface area contributed by atoms with E-state index in [9.17, 15) is 9.90 Å². The van der Waals surface area contributed by atoms with E-state index in [1.807, 2.05) is 13.8 Å². The second-order valence-corrected chi connectivity index (χ2v) is 4.93. The summed E-state index contributed by atoms with van der Waals surface area (Å²) in [4.78, 5) is 11.0. The summed E-state index contributed by atoms with van der Waals surface area (Å²) in [7, 11) is 1.45. The Morgan fingerprint density at radius 1 is 1.35 bits per heavy atom. The van der Waals surface area contributed by atoms with Crippen molar-refractivity contribution in [3.05, 3.63) is 22.7 Å². The van der Waals surface area contributed by atoms with Crippen molar-refractivity contribution in [2.45, 2.75) is 26.1 Å². The quantitative estimate of drug-likeness (QED) is 0.747. The minimum atomic E-state index is -0.794. The van der Waals surface area contributed by atoms with Crippen LogP contribution >= 0.6 is 11.6 Å². The van der Waals surface area contributed by atoms with Crippen LogP contribution in [0.2, 0.25) is 5.02 Å². The predicted octanol–water partition coefficient (Wildman–Crippen LogP) is 2.33. The lowest BCUT2D eigenvalue weighted by atomic mass is 10.2. The van der Waals surface area contributed by atoms with Gasteiger partial charge in [0.25, 0.3) is 0 Å². The van der Waals surface area contributed by atoms with Crippen molar-refractivity contribution in [2.24, 2.45) is 0 Å². The number of rotatable bonds is 8. The van der Waals surface area contributed by atoms with E-state index in [-0.39, 0.29) is 30.6 Å². The third-order valence-electron chi connectivity index (χ3n) is 2.44. The van der Waals surface area contributed by atoms with Crippen molar-refractivity contribution >= 4 is 17.9 Å². The van der Waals surface area contributed by atoms with E-state index < -0.39 is 6.10 Å². The molecule has 6 heteroatoms. The number of aliphatic hydroxyl groups is 1. The van der Waals surface area contributed by atoms with Gasteiger partial charge in [-0.25, -0.2) is 0 Å². The van der Waals surface area contributed by atoms with E-state index in [1.165, 1.54) is 13.2 Å². The molecule has 0 spiro atoms. The van der Waals surface area contributed by atoms with Crippen LogP contribution in [0.1, 0.15) is 24.2 Å². The number of aliphatic hydroxyl groups excluding tert-OH is 1. The third-order valence-corrected chi connectivity index (χ3v) is 2.66. The summed E-state index contributed by atoms with van der Waals surface area (Å²) in [6.45, 7) is 3.90. The molecule has 0 heterocycles. The second-order valence-electron chi connectivity index (χ2n) is 4.49. The lowest BCUT2D eigenvalue weighted by molar-refractivity contribution is -0.0126. The molecule has 1 unspecified atom stereocenters. The topological polar surface area (TPSA) is 65.0 Å². The van der Waals surface area contributed by atoms with Gasteiger partial charge in [-0.05, 0) is 19.9 Å². The largest absolute Gasteiger partial charge is 0.493 e.